The molecule has 0 aromatic carbocycles. The number of hydrogen-bond donors (Lipinski definition) is 2. The van der Waals surface area contributed by atoms with Gasteiger partial charge >= 0.3 is 0 Å². The van der Waals surface area contributed by atoms with Crippen LogP contribution in [0.3, 0.4) is 0 Å². The lowest BCUT2D eigenvalue weighted by atomic mass is 9.88. The van der Waals surface area contributed by atoms with Gasteiger partial charge in [-0.15, -0.1) is 0 Å². The van der Waals surface area contributed by atoms with E-state index in [0.717, 1.165) is 24.9 Å². The van der Waals surface area contributed by atoms with Crippen molar-refractivity contribution < 1.29 is 14.7 Å². The third-order valence-corrected chi connectivity index (χ3v) is 4.31. The van der Waals surface area contributed by atoms with Crippen LogP contribution >= 0.6 is 0 Å². The minimum atomic E-state index is -0.408. The van der Waals surface area contributed by atoms with E-state index < -0.39 is 5.60 Å². The van der Waals surface area contributed by atoms with Gasteiger partial charge in [0.1, 0.15) is 5.71 Å². The van der Waals surface area contributed by atoms with Gasteiger partial charge in [-0.2, -0.15) is 0 Å². The number of β-amino-alcohol motifs (C(OH)–C–C–N with tert-alkyl or cyclic N) is 1. The second kappa shape index (κ2) is 7.06. The number of aliphatic hydroxyl groups excluding tert-OH is 1. The number of piperidine rings is 1. The summed E-state index contributed by atoms with van der Waals surface area (Å²) < 4.78 is 0. The Morgan fingerprint density at radius 3 is 3.22 bits per heavy atom. The van der Waals surface area contributed by atoms with Crippen LogP contribution in [0.1, 0.15) is 24.8 Å². The third kappa shape index (κ3) is 3.86. The van der Waals surface area contributed by atoms with Crippen LogP contribution in [0.15, 0.2) is 29.7 Å². The molecule has 0 radical (unpaired) electrons. The highest BCUT2D eigenvalue weighted by atomic mass is 16.7. The molecule has 1 amide bonds. The van der Waals surface area contributed by atoms with Gasteiger partial charge < -0.3 is 15.3 Å². The van der Waals surface area contributed by atoms with E-state index in [2.05, 4.69) is 20.4 Å². The summed E-state index contributed by atoms with van der Waals surface area (Å²) in [6.07, 6.45) is 5.82. The number of rotatable bonds is 5. The first-order valence-electron chi connectivity index (χ1n) is 7.96. The number of likely N-dealkylation sites (tertiary alicyclic amines) is 1. The van der Waals surface area contributed by atoms with Gasteiger partial charge in [0.2, 0.25) is 0 Å². The van der Waals surface area contributed by atoms with Crippen LogP contribution in [0.2, 0.25) is 0 Å². The molecule has 2 aliphatic heterocycles. The van der Waals surface area contributed by atoms with E-state index in [1.165, 1.54) is 0 Å². The minimum Gasteiger partial charge on any atom is -0.395 e. The summed E-state index contributed by atoms with van der Waals surface area (Å²) in [6, 6.07) is 3.75. The predicted molar refractivity (Wildman–Crippen MR) is 84.7 cm³/mol. The zero-order valence-electron chi connectivity index (χ0n) is 13.1. The summed E-state index contributed by atoms with van der Waals surface area (Å²) >= 11 is 0. The molecule has 1 aromatic rings. The van der Waals surface area contributed by atoms with Crippen molar-refractivity contribution in [2.24, 2.45) is 5.16 Å². The van der Waals surface area contributed by atoms with Gasteiger partial charge in [0.25, 0.3) is 5.91 Å². The largest absolute Gasteiger partial charge is 0.395 e. The number of pyridine rings is 1. The number of carbonyl (C=O) groups excluding carboxylic acids is 1. The van der Waals surface area contributed by atoms with Gasteiger partial charge in [-0.25, -0.2) is 0 Å². The highest BCUT2D eigenvalue weighted by molar-refractivity contribution is 6.39. The number of carbonyl (C=O) groups is 1. The van der Waals surface area contributed by atoms with Crippen molar-refractivity contribution in [2.75, 3.05) is 26.2 Å². The van der Waals surface area contributed by atoms with Crippen LogP contribution < -0.4 is 5.32 Å². The lowest BCUT2D eigenvalue weighted by Gasteiger charge is -2.37. The fourth-order valence-electron chi connectivity index (χ4n) is 3.17. The standard InChI is InChI=1S/C16H22N4O3/c21-8-7-20-6-2-4-16(12-20)9-14(19-23-16)15(22)18-11-13-3-1-5-17-10-13/h1,3,5,10,21H,2,4,6-9,11-12H2,(H,18,22). The van der Waals surface area contributed by atoms with Crippen molar-refractivity contribution in [3.8, 4) is 0 Å². The summed E-state index contributed by atoms with van der Waals surface area (Å²) in [5, 5.41) is 16.0. The first-order chi connectivity index (χ1) is 11.2. The summed E-state index contributed by atoms with van der Waals surface area (Å²) in [6.45, 7) is 2.85. The minimum absolute atomic E-state index is 0.134. The maximum absolute atomic E-state index is 12.3. The molecule has 3 heterocycles. The third-order valence-electron chi connectivity index (χ3n) is 4.31. The number of aromatic nitrogens is 1. The van der Waals surface area contributed by atoms with E-state index in [1.807, 2.05) is 12.1 Å². The van der Waals surface area contributed by atoms with Gasteiger partial charge in [0.05, 0.1) is 6.61 Å². The fraction of sp³-hybridized carbons (Fsp3) is 0.562. The smallest absolute Gasteiger partial charge is 0.269 e. The summed E-state index contributed by atoms with van der Waals surface area (Å²) in [5.74, 6) is -0.190. The number of hydrogen-bond acceptors (Lipinski definition) is 6. The molecule has 1 unspecified atom stereocenters. The van der Waals surface area contributed by atoms with E-state index in [0.29, 0.717) is 31.8 Å². The van der Waals surface area contributed by atoms with Crippen LogP contribution in [-0.4, -0.2) is 58.5 Å². The molecule has 23 heavy (non-hydrogen) atoms. The molecule has 7 nitrogen and oxygen atoms in total. The molecule has 1 aromatic heterocycles. The molecule has 2 aliphatic rings. The molecule has 1 spiro atoms. The molecule has 3 rings (SSSR count). The van der Waals surface area contributed by atoms with Crippen molar-refractivity contribution in [1.29, 1.82) is 0 Å². The second-order valence-electron chi connectivity index (χ2n) is 6.14. The maximum atomic E-state index is 12.3. The average molecular weight is 318 g/mol. The number of nitrogens with one attached hydrogen (secondary N) is 1. The highest BCUT2D eigenvalue weighted by Crippen LogP contribution is 2.33. The quantitative estimate of drug-likeness (QED) is 0.815. The van der Waals surface area contributed by atoms with Crippen molar-refractivity contribution in [3.05, 3.63) is 30.1 Å². The van der Waals surface area contributed by atoms with Crippen LogP contribution in [0.25, 0.3) is 0 Å². The number of amides is 1. The number of nitrogens with zero attached hydrogens (tertiary/aromatic N) is 3. The molecule has 1 saturated heterocycles. The fourth-order valence-corrected chi connectivity index (χ4v) is 3.17. The van der Waals surface area contributed by atoms with Crippen LogP contribution in [-0.2, 0) is 16.2 Å². The molecule has 0 aliphatic carbocycles. The lowest BCUT2D eigenvalue weighted by Crippen LogP contribution is -2.49. The highest BCUT2D eigenvalue weighted by Gasteiger charge is 2.44. The Labute approximate surface area is 135 Å². The molecule has 7 heteroatoms. The first kappa shape index (κ1) is 15.9. The average Bonchev–Trinajstić information content (AvgIpc) is 2.97. The van der Waals surface area contributed by atoms with E-state index >= 15 is 0 Å². The van der Waals surface area contributed by atoms with Gasteiger partial charge in [0, 0.05) is 38.4 Å². The van der Waals surface area contributed by atoms with Crippen LogP contribution in [0.5, 0.6) is 0 Å². The van der Waals surface area contributed by atoms with Gasteiger partial charge in [0.15, 0.2) is 5.60 Å². The van der Waals surface area contributed by atoms with Crippen molar-refractivity contribution in [3.63, 3.8) is 0 Å². The molecule has 1 atom stereocenters. The maximum Gasteiger partial charge on any atom is 0.269 e. The molecule has 0 bridgehead atoms. The molecule has 1 fully saturated rings. The van der Waals surface area contributed by atoms with E-state index in [1.54, 1.807) is 12.4 Å². The van der Waals surface area contributed by atoms with Crippen molar-refractivity contribution in [2.45, 2.75) is 31.4 Å². The molecular formula is C16H22N4O3. The number of oxime groups is 1. The van der Waals surface area contributed by atoms with E-state index in [-0.39, 0.29) is 12.5 Å². The molecule has 0 saturated carbocycles. The monoisotopic (exact) mass is 318 g/mol. The Hall–Kier alpha value is -1.99. The van der Waals surface area contributed by atoms with E-state index in [9.17, 15) is 4.79 Å². The van der Waals surface area contributed by atoms with Gasteiger partial charge in [-0.1, -0.05) is 11.2 Å². The predicted octanol–water partition coefficient (Wildman–Crippen LogP) is 0.301. The Kier molecular flexibility index (Phi) is 4.88. The topological polar surface area (TPSA) is 87.0 Å². The van der Waals surface area contributed by atoms with Crippen LogP contribution in [0.4, 0.5) is 0 Å². The Bertz CT molecular complexity index is 576. The van der Waals surface area contributed by atoms with Gasteiger partial charge in [-0.05, 0) is 31.0 Å². The molecular weight excluding hydrogens is 296 g/mol. The molecule has 124 valence electrons. The lowest BCUT2D eigenvalue weighted by molar-refractivity contribution is -0.115. The Morgan fingerprint density at radius 2 is 2.43 bits per heavy atom. The first-order valence-corrected chi connectivity index (χ1v) is 7.96. The van der Waals surface area contributed by atoms with Crippen LogP contribution in [0, 0.1) is 0 Å². The summed E-state index contributed by atoms with van der Waals surface area (Å²) in [5.41, 5.74) is 0.982. The molecule has 2 N–H and O–H groups in total. The zero-order valence-corrected chi connectivity index (χ0v) is 13.1. The summed E-state index contributed by atoms with van der Waals surface area (Å²) in [7, 11) is 0. The zero-order chi connectivity index (χ0) is 16.1. The summed E-state index contributed by atoms with van der Waals surface area (Å²) in [4.78, 5) is 24.1. The van der Waals surface area contributed by atoms with Crippen molar-refractivity contribution >= 4 is 11.6 Å². The van der Waals surface area contributed by atoms with E-state index in [4.69, 9.17) is 9.94 Å². The normalized spacial score (nSPS) is 24.3. The second-order valence-corrected chi connectivity index (χ2v) is 6.14. The number of aliphatic hydroxyl groups is 1. The Morgan fingerprint density at radius 1 is 1.52 bits per heavy atom. The SMILES string of the molecule is O=C(NCc1cccnc1)C1=NOC2(CCCN(CCO)C2)C1. The van der Waals surface area contributed by atoms with Crippen molar-refractivity contribution in [1.82, 2.24) is 15.2 Å². The van der Waals surface area contributed by atoms with Gasteiger partial charge in [-0.3, -0.25) is 14.7 Å². The Balaban J connectivity index is 1.53.